The molecule has 1 heterocycles. The standard InChI is InChI=1S/C9H15NO3S/c1-6(2)7(11)10-5-3-4-9(10,14)8(12)13/h6,14H,3-5H2,1-2H3,(H,12,13)/t9-/m1/s1. The Bertz CT molecular complexity index is 267. The predicted molar refractivity (Wildman–Crippen MR) is 55.1 cm³/mol. The number of amides is 1. The Morgan fingerprint density at radius 2 is 2.07 bits per heavy atom. The number of carboxylic acids is 1. The molecular weight excluding hydrogens is 202 g/mol. The van der Waals surface area contributed by atoms with Crippen LogP contribution >= 0.6 is 12.6 Å². The molecule has 0 bridgehead atoms. The first kappa shape index (κ1) is 11.4. The molecule has 1 atom stereocenters. The van der Waals surface area contributed by atoms with Gasteiger partial charge in [0, 0.05) is 12.5 Å². The Balaban J connectivity index is 2.89. The van der Waals surface area contributed by atoms with Crippen LogP contribution in [0.2, 0.25) is 0 Å². The van der Waals surface area contributed by atoms with Crippen LogP contribution in [0.1, 0.15) is 26.7 Å². The Labute approximate surface area is 88.7 Å². The Hall–Kier alpha value is -0.710. The molecule has 80 valence electrons. The van der Waals surface area contributed by atoms with E-state index in [1.165, 1.54) is 4.90 Å². The molecule has 4 nitrogen and oxygen atoms in total. The van der Waals surface area contributed by atoms with E-state index in [1.54, 1.807) is 13.8 Å². The quantitative estimate of drug-likeness (QED) is 0.678. The number of thiol groups is 1. The molecule has 1 rings (SSSR count). The number of carboxylic acid groups (broad SMARTS) is 1. The van der Waals surface area contributed by atoms with Crippen LogP contribution < -0.4 is 0 Å². The summed E-state index contributed by atoms with van der Waals surface area (Å²) in [5.41, 5.74) is 0. The zero-order valence-electron chi connectivity index (χ0n) is 8.36. The van der Waals surface area contributed by atoms with E-state index in [4.69, 9.17) is 5.11 Å². The molecule has 0 saturated carbocycles. The first-order chi connectivity index (χ1) is 6.39. The van der Waals surface area contributed by atoms with Crippen molar-refractivity contribution in [3.05, 3.63) is 0 Å². The molecule has 0 radical (unpaired) electrons. The maximum Gasteiger partial charge on any atom is 0.340 e. The lowest BCUT2D eigenvalue weighted by atomic mass is 10.1. The molecule has 0 spiro atoms. The third-order valence-electron chi connectivity index (χ3n) is 2.46. The lowest BCUT2D eigenvalue weighted by Gasteiger charge is -2.31. The largest absolute Gasteiger partial charge is 0.479 e. The topological polar surface area (TPSA) is 57.6 Å². The normalized spacial score (nSPS) is 27.0. The lowest BCUT2D eigenvalue weighted by molar-refractivity contribution is -0.151. The summed E-state index contributed by atoms with van der Waals surface area (Å²) in [6.45, 7) is 4.01. The van der Waals surface area contributed by atoms with Gasteiger partial charge in [0.2, 0.25) is 5.91 Å². The van der Waals surface area contributed by atoms with E-state index in [-0.39, 0.29) is 11.8 Å². The summed E-state index contributed by atoms with van der Waals surface area (Å²) in [5.74, 6) is -1.36. The minimum Gasteiger partial charge on any atom is -0.479 e. The van der Waals surface area contributed by atoms with Gasteiger partial charge in [-0.1, -0.05) is 13.8 Å². The van der Waals surface area contributed by atoms with E-state index >= 15 is 0 Å². The SMILES string of the molecule is CC(C)C(=O)N1CCC[C@@]1(S)C(=O)O. The van der Waals surface area contributed by atoms with Crippen molar-refractivity contribution in [1.29, 1.82) is 0 Å². The summed E-state index contributed by atoms with van der Waals surface area (Å²) in [4.78, 5) is 22.7. The third kappa shape index (κ3) is 1.73. The molecular formula is C9H15NO3S. The van der Waals surface area contributed by atoms with Crippen molar-refractivity contribution in [1.82, 2.24) is 4.90 Å². The highest BCUT2D eigenvalue weighted by atomic mass is 32.1. The molecule has 0 aliphatic carbocycles. The zero-order valence-corrected chi connectivity index (χ0v) is 9.25. The fourth-order valence-corrected chi connectivity index (χ4v) is 1.99. The van der Waals surface area contributed by atoms with Crippen molar-refractivity contribution in [2.45, 2.75) is 31.6 Å². The van der Waals surface area contributed by atoms with Crippen LogP contribution in [0.5, 0.6) is 0 Å². The van der Waals surface area contributed by atoms with E-state index in [1.807, 2.05) is 0 Å². The van der Waals surface area contributed by atoms with Crippen molar-refractivity contribution in [2.75, 3.05) is 6.54 Å². The number of carbonyl (C=O) groups excluding carboxylic acids is 1. The summed E-state index contributed by atoms with van der Waals surface area (Å²) < 4.78 is 0. The van der Waals surface area contributed by atoms with Crippen LogP contribution in [0.3, 0.4) is 0 Å². The molecule has 0 unspecified atom stereocenters. The van der Waals surface area contributed by atoms with Gasteiger partial charge in [-0.2, -0.15) is 0 Å². The van der Waals surface area contributed by atoms with Crippen LogP contribution in [0, 0.1) is 5.92 Å². The average Bonchev–Trinajstić information content (AvgIpc) is 2.47. The monoisotopic (exact) mass is 217 g/mol. The van der Waals surface area contributed by atoms with Crippen LogP contribution in [0.25, 0.3) is 0 Å². The number of rotatable bonds is 2. The van der Waals surface area contributed by atoms with Crippen molar-refractivity contribution in [2.24, 2.45) is 5.92 Å². The summed E-state index contributed by atoms with van der Waals surface area (Å²) in [7, 11) is 0. The van der Waals surface area contributed by atoms with Gasteiger partial charge in [-0.05, 0) is 12.8 Å². The van der Waals surface area contributed by atoms with Crippen molar-refractivity contribution < 1.29 is 14.7 Å². The second-order valence-electron chi connectivity index (χ2n) is 3.87. The molecule has 0 aromatic rings. The minimum atomic E-state index is -1.29. The summed E-state index contributed by atoms with van der Waals surface area (Å²) in [6, 6.07) is 0. The maximum atomic E-state index is 11.7. The Morgan fingerprint density at radius 3 is 2.50 bits per heavy atom. The Kier molecular flexibility index (Phi) is 3.09. The molecule has 0 aromatic carbocycles. The van der Waals surface area contributed by atoms with Crippen molar-refractivity contribution >= 4 is 24.5 Å². The predicted octanol–water partition coefficient (Wildman–Crippen LogP) is 0.976. The van der Waals surface area contributed by atoms with E-state index < -0.39 is 10.8 Å². The summed E-state index contributed by atoms with van der Waals surface area (Å²) >= 11 is 4.11. The van der Waals surface area contributed by atoms with E-state index in [0.717, 1.165) is 0 Å². The van der Waals surface area contributed by atoms with Crippen LogP contribution in [-0.2, 0) is 9.59 Å². The fourth-order valence-electron chi connectivity index (χ4n) is 1.63. The van der Waals surface area contributed by atoms with E-state index in [2.05, 4.69) is 12.6 Å². The molecule has 1 aliphatic rings. The molecule has 5 heteroatoms. The van der Waals surface area contributed by atoms with E-state index in [9.17, 15) is 9.59 Å². The summed E-state index contributed by atoms with van der Waals surface area (Å²) in [5, 5.41) is 9.00. The number of aliphatic carboxylic acids is 1. The number of hydrogen-bond donors (Lipinski definition) is 2. The van der Waals surface area contributed by atoms with Crippen LogP contribution in [0.15, 0.2) is 0 Å². The van der Waals surface area contributed by atoms with Gasteiger partial charge in [0.25, 0.3) is 0 Å². The first-order valence-electron chi connectivity index (χ1n) is 4.67. The molecule has 1 saturated heterocycles. The average molecular weight is 217 g/mol. The smallest absolute Gasteiger partial charge is 0.340 e. The van der Waals surface area contributed by atoms with Gasteiger partial charge in [-0.25, -0.2) is 4.79 Å². The highest BCUT2D eigenvalue weighted by Gasteiger charge is 2.47. The number of likely N-dealkylation sites (tertiary alicyclic amines) is 1. The number of carbonyl (C=O) groups is 2. The second-order valence-corrected chi connectivity index (χ2v) is 4.61. The molecule has 1 fully saturated rings. The molecule has 0 aromatic heterocycles. The van der Waals surface area contributed by atoms with Gasteiger partial charge < -0.3 is 10.0 Å². The molecule has 1 N–H and O–H groups in total. The summed E-state index contributed by atoms with van der Waals surface area (Å²) in [6.07, 6.45) is 1.12. The molecule has 14 heavy (non-hydrogen) atoms. The van der Waals surface area contributed by atoms with Gasteiger partial charge in [0.05, 0.1) is 0 Å². The minimum absolute atomic E-state index is 0.139. The van der Waals surface area contributed by atoms with Crippen LogP contribution in [-0.4, -0.2) is 33.3 Å². The lowest BCUT2D eigenvalue weighted by Crippen LogP contribution is -2.50. The van der Waals surface area contributed by atoms with Gasteiger partial charge in [0.15, 0.2) is 4.87 Å². The highest BCUT2D eigenvalue weighted by Crippen LogP contribution is 2.34. The second kappa shape index (κ2) is 3.81. The molecule has 1 amide bonds. The van der Waals surface area contributed by atoms with Crippen molar-refractivity contribution in [3.63, 3.8) is 0 Å². The maximum absolute atomic E-state index is 11.7. The van der Waals surface area contributed by atoms with Gasteiger partial charge in [-0.3, -0.25) is 4.79 Å². The van der Waals surface area contributed by atoms with E-state index in [0.29, 0.717) is 19.4 Å². The first-order valence-corrected chi connectivity index (χ1v) is 5.11. The van der Waals surface area contributed by atoms with Gasteiger partial charge >= 0.3 is 5.97 Å². The van der Waals surface area contributed by atoms with Crippen molar-refractivity contribution in [3.8, 4) is 0 Å². The third-order valence-corrected chi connectivity index (χ3v) is 3.11. The Morgan fingerprint density at radius 1 is 1.50 bits per heavy atom. The molecule has 1 aliphatic heterocycles. The van der Waals surface area contributed by atoms with Gasteiger partial charge in [-0.15, -0.1) is 12.6 Å². The number of hydrogen-bond acceptors (Lipinski definition) is 3. The fraction of sp³-hybridized carbons (Fsp3) is 0.778. The number of nitrogens with zero attached hydrogens (tertiary/aromatic N) is 1. The van der Waals surface area contributed by atoms with Gasteiger partial charge in [0.1, 0.15) is 0 Å². The highest BCUT2D eigenvalue weighted by molar-refractivity contribution is 7.82. The zero-order chi connectivity index (χ0) is 10.9. The van der Waals surface area contributed by atoms with Crippen LogP contribution in [0.4, 0.5) is 0 Å².